The van der Waals surface area contributed by atoms with Crippen LogP contribution in [0.25, 0.3) is 0 Å². The van der Waals surface area contributed by atoms with Gasteiger partial charge in [0.05, 0.1) is 11.5 Å². The van der Waals surface area contributed by atoms with Gasteiger partial charge >= 0.3 is 0 Å². The van der Waals surface area contributed by atoms with Crippen molar-refractivity contribution in [1.82, 2.24) is 4.90 Å². The Labute approximate surface area is 174 Å². The van der Waals surface area contributed by atoms with Crippen molar-refractivity contribution in [2.24, 2.45) is 0 Å². The summed E-state index contributed by atoms with van der Waals surface area (Å²) in [4.78, 5) is 29.8. The molecule has 29 heavy (non-hydrogen) atoms. The molecule has 2 aromatic carbocycles. The van der Waals surface area contributed by atoms with E-state index in [-0.39, 0.29) is 11.6 Å². The first-order chi connectivity index (χ1) is 13.9. The summed E-state index contributed by atoms with van der Waals surface area (Å²) >= 11 is 5.91. The molecule has 8 heteroatoms. The number of halogens is 1. The van der Waals surface area contributed by atoms with Gasteiger partial charge in [0.15, 0.2) is 0 Å². The van der Waals surface area contributed by atoms with Crippen LogP contribution in [-0.4, -0.2) is 54.5 Å². The highest BCUT2D eigenvalue weighted by Gasteiger charge is 2.30. The third kappa shape index (κ3) is 3.87. The molecule has 0 unspecified atom stereocenters. The van der Waals surface area contributed by atoms with Crippen LogP contribution in [0.5, 0.6) is 0 Å². The van der Waals surface area contributed by atoms with E-state index in [0.29, 0.717) is 49.5 Å². The van der Waals surface area contributed by atoms with Gasteiger partial charge in [0.25, 0.3) is 5.69 Å². The Hall–Kier alpha value is -2.80. The Balaban J connectivity index is 1.40. The van der Waals surface area contributed by atoms with Crippen molar-refractivity contribution in [3.63, 3.8) is 0 Å². The first-order valence-corrected chi connectivity index (χ1v) is 10.1. The van der Waals surface area contributed by atoms with Crippen molar-refractivity contribution in [2.45, 2.75) is 19.4 Å². The minimum Gasteiger partial charge on any atom is -0.362 e. The molecule has 4 rings (SSSR count). The second-order valence-corrected chi connectivity index (χ2v) is 8.00. The average molecular weight is 415 g/mol. The van der Waals surface area contributed by atoms with Crippen molar-refractivity contribution in [3.05, 3.63) is 63.2 Å². The molecule has 152 valence electrons. The predicted molar refractivity (Wildman–Crippen MR) is 114 cm³/mol. The number of hydrogen-bond donors (Lipinski definition) is 0. The lowest BCUT2D eigenvalue weighted by molar-refractivity contribution is -0.384. The number of rotatable bonds is 4. The molecule has 7 nitrogen and oxygen atoms in total. The van der Waals surface area contributed by atoms with Gasteiger partial charge in [-0.25, -0.2) is 0 Å². The number of hydrogen-bond acceptors (Lipinski definition) is 5. The van der Waals surface area contributed by atoms with Crippen LogP contribution in [0.4, 0.5) is 17.1 Å². The SMILES string of the molecule is C[C@H]1Cc2ccccc2N1CC(=O)N1CCN(c2ccc(Cl)cc2[N+](=O)[O-])CC1. The number of nitrogens with zero attached hydrogens (tertiary/aromatic N) is 4. The molecule has 1 atom stereocenters. The standard InChI is InChI=1S/C21H23ClN4O3/c1-15-12-16-4-2-3-5-18(16)25(15)14-21(27)24-10-8-23(9-11-24)19-7-6-17(22)13-20(19)26(28)29/h2-7,13,15H,8-12,14H2,1H3/t15-/m0/s1. The Kier molecular flexibility index (Phi) is 5.32. The van der Waals surface area contributed by atoms with Crippen molar-refractivity contribution >= 4 is 34.6 Å². The van der Waals surface area contributed by atoms with E-state index in [1.807, 2.05) is 21.9 Å². The maximum Gasteiger partial charge on any atom is 0.294 e. The number of carbonyl (C=O) groups is 1. The van der Waals surface area contributed by atoms with Gasteiger partial charge in [-0.1, -0.05) is 29.8 Å². The zero-order valence-corrected chi connectivity index (χ0v) is 17.0. The van der Waals surface area contributed by atoms with Gasteiger partial charge in [-0.05, 0) is 37.1 Å². The molecule has 2 aliphatic heterocycles. The van der Waals surface area contributed by atoms with Crippen LogP contribution in [0.3, 0.4) is 0 Å². The van der Waals surface area contributed by atoms with Gasteiger partial charge in [0.2, 0.25) is 5.91 Å². The highest BCUT2D eigenvalue weighted by Crippen LogP contribution is 2.33. The first-order valence-electron chi connectivity index (χ1n) is 9.75. The summed E-state index contributed by atoms with van der Waals surface area (Å²) in [7, 11) is 0. The number of nitro benzene ring substituents is 1. The zero-order valence-electron chi connectivity index (χ0n) is 16.3. The largest absolute Gasteiger partial charge is 0.362 e. The van der Waals surface area contributed by atoms with Crippen LogP contribution in [0.15, 0.2) is 42.5 Å². The molecule has 1 saturated heterocycles. The Morgan fingerprint density at radius 3 is 2.59 bits per heavy atom. The summed E-state index contributed by atoms with van der Waals surface area (Å²) in [5, 5.41) is 11.7. The van der Waals surface area contributed by atoms with Gasteiger partial charge in [0, 0.05) is 49.0 Å². The molecule has 0 N–H and O–H groups in total. The van der Waals surface area contributed by atoms with Crippen LogP contribution in [0.2, 0.25) is 5.02 Å². The number of amides is 1. The molecule has 2 aromatic rings. The van der Waals surface area contributed by atoms with Crippen LogP contribution >= 0.6 is 11.6 Å². The van der Waals surface area contributed by atoms with Gasteiger partial charge in [-0.2, -0.15) is 0 Å². The van der Waals surface area contributed by atoms with E-state index >= 15 is 0 Å². The van der Waals surface area contributed by atoms with E-state index in [4.69, 9.17) is 11.6 Å². The molecule has 2 heterocycles. The van der Waals surface area contributed by atoms with E-state index in [0.717, 1.165) is 12.1 Å². The molecular weight excluding hydrogens is 392 g/mol. The monoisotopic (exact) mass is 414 g/mol. The summed E-state index contributed by atoms with van der Waals surface area (Å²) in [5.74, 6) is 0.0961. The van der Waals surface area contributed by atoms with Crippen LogP contribution in [-0.2, 0) is 11.2 Å². The molecule has 1 fully saturated rings. The Morgan fingerprint density at radius 2 is 1.86 bits per heavy atom. The lowest BCUT2D eigenvalue weighted by Gasteiger charge is -2.37. The second kappa shape index (κ2) is 7.91. The first kappa shape index (κ1) is 19.5. The number of nitro groups is 1. The van der Waals surface area contributed by atoms with Crippen LogP contribution in [0, 0.1) is 10.1 Å². The molecule has 0 bridgehead atoms. The van der Waals surface area contributed by atoms with Crippen LogP contribution < -0.4 is 9.80 Å². The molecule has 0 radical (unpaired) electrons. The van der Waals surface area contributed by atoms with E-state index in [2.05, 4.69) is 24.0 Å². The summed E-state index contributed by atoms with van der Waals surface area (Å²) in [6, 6.07) is 13.2. The average Bonchev–Trinajstić information content (AvgIpc) is 3.03. The fourth-order valence-electron chi connectivity index (χ4n) is 4.22. The van der Waals surface area contributed by atoms with Gasteiger partial charge in [0.1, 0.15) is 5.69 Å². The van der Waals surface area contributed by atoms with Crippen molar-refractivity contribution in [3.8, 4) is 0 Å². The summed E-state index contributed by atoms with van der Waals surface area (Å²) < 4.78 is 0. The maximum absolute atomic E-state index is 12.9. The van der Waals surface area contributed by atoms with Crippen LogP contribution in [0.1, 0.15) is 12.5 Å². The highest BCUT2D eigenvalue weighted by atomic mass is 35.5. The third-order valence-corrected chi connectivity index (χ3v) is 6.00. The summed E-state index contributed by atoms with van der Waals surface area (Å²) in [6.07, 6.45) is 0.956. The van der Waals surface area contributed by atoms with E-state index in [1.165, 1.54) is 11.6 Å². The van der Waals surface area contributed by atoms with Gasteiger partial charge in [-0.3, -0.25) is 14.9 Å². The van der Waals surface area contributed by atoms with E-state index < -0.39 is 4.92 Å². The zero-order chi connectivity index (χ0) is 20.5. The number of benzene rings is 2. The van der Waals surface area contributed by atoms with Gasteiger partial charge < -0.3 is 14.7 Å². The number of fused-ring (bicyclic) bond motifs is 1. The lowest BCUT2D eigenvalue weighted by Crippen LogP contribution is -2.52. The fraction of sp³-hybridized carbons (Fsp3) is 0.381. The van der Waals surface area contributed by atoms with Crippen molar-refractivity contribution < 1.29 is 9.72 Å². The van der Waals surface area contributed by atoms with E-state index in [1.54, 1.807) is 12.1 Å². The minimum atomic E-state index is -0.412. The lowest BCUT2D eigenvalue weighted by atomic mass is 10.1. The molecular formula is C21H23ClN4O3. The molecule has 0 spiro atoms. The number of anilines is 2. The van der Waals surface area contributed by atoms with Crippen molar-refractivity contribution in [2.75, 3.05) is 42.5 Å². The molecule has 1 amide bonds. The molecule has 0 aromatic heterocycles. The predicted octanol–water partition coefficient (Wildman–Crippen LogP) is 3.35. The third-order valence-electron chi connectivity index (χ3n) is 5.76. The van der Waals surface area contributed by atoms with Crippen molar-refractivity contribution in [1.29, 1.82) is 0 Å². The number of para-hydroxylation sites is 1. The molecule has 2 aliphatic rings. The summed E-state index contributed by atoms with van der Waals surface area (Å²) in [6.45, 7) is 4.70. The topological polar surface area (TPSA) is 69.9 Å². The fourth-order valence-corrected chi connectivity index (χ4v) is 4.39. The highest BCUT2D eigenvalue weighted by molar-refractivity contribution is 6.30. The summed E-state index contributed by atoms with van der Waals surface area (Å²) in [5.41, 5.74) is 2.98. The number of carbonyl (C=O) groups excluding carboxylic acids is 1. The van der Waals surface area contributed by atoms with E-state index in [9.17, 15) is 14.9 Å². The normalized spacial score (nSPS) is 18.7. The Bertz CT molecular complexity index is 943. The maximum atomic E-state index is 12.9. The molecule has 0 saturated carbocycles. The minimum absolute atomic E-state index is 0.000208. The quantitative estimate of drug-likeness (QED) is 0.566. The van der Waals surface area contributed by atoms with Gasteiger partial charge in [-0.15, -0.1) is 0 Å². The second-order valence-electron chi connectivity index (χ2n) is 7.57. The smallest absolute Gasteiger partial charge is 0.294 e. The Morgan fingerprint density at radius 1 is 1.14 bits per heavy atom. The number of piperazine rings is 1. The molecule has 0 aliphatic carbocycles.